The lowest BCUT2D eigenvalue weighted by Gasteiger charge is -2.16. The number of carbonyl (C=O) groups is 1. The smallest absolute Gasteiger partial charge is 0.149 e. The second-order valence-corrected chi connectivity index (χ2v) is 4.21. The van der Waals surface area contributed by atoms with Crippen molar-refractivity contribution in [1.29, 1.82) is 0 Å². The van der Waals surface area contributed by atoms with Crippen LogP contribution in [0.3, 0.4) is 0 Å². The first-order chi connectivity index (χ1) is 8.71. The van der Waals surface area contributed by atoms with Gasteiger partial charge in [0.2, 0.25) is 0 Å². The molecular formula is C15H23NO2. The summed E-state index contributed by atoms with van der Waals surface area (Å²) in [5.41, 5.74) is 1.16. The van der Waals surface area contributed by atoms with E-state index in [1.807, 2.05) is 45.0 Å². The Morgan fingerprint density at radius 2 is 1.89 bits per heavy atom. The molecular weight excluding hydrogens is 226 g/mol. The number of carbonyl (C=O) groups excluding carboxylic acids is 1. The highest BCUT2D eigenvalue weighted by atomic mass is 16.5. The molecule has 1 atom stereocenters. The van der Waals surface area contributed by atoms with Gasteiger partial charge in [0.15, 0.2) is 0 Å². The van der Waals surface area contributed by atoms with Crippen molar-refractivity contribution in [3.8, 4) is 5.75 Å². The third kappa shape index (κ3) is 4.49. The number of rotatable bonds is 8. The van der Waals surface area contributed by atoms with Crippen molar-refractivity contribution in [2.75, 3.05) is 13.2 Å². The maximum absolute atomic E-state index is 11.8. The fourth-order valence-electron chi connectivity index (χ4n) is 1.92. The lowest BCUT2D eigenvalue weighted by atomic mass is 10.0. The zero-order valence-electron chi connectivity index (χ0n) is 11.5. The van der Waals surface area contributed by atoms with Crippen LogP contribution >= 0.6 is 0 Å². The number of likely N-dealkylation sites (N-methyl/N-ethyl adjacent to an activating group) is 1. The van der Waals surface area contributed by atoms with Gasteiger partial charge in [0, 0.05) is 6.42 Å². The van der Waals surface area contributed by atoms with Crippen LogP contribution in [0.5, 0.6) is 5.75 Å². The van der Waals surface area contributed by atoms with E-state index < -0.39 is 0 Å². The summed E-state index contributed by atoms with van der Waals surface area (Å²) in [5, 5.41) is 3.24. The van der Waals surface area contributed by atoms with Gasteiger partial charge in [-0.25, -0.2) is 0 Å². The van der Waals surface area contributed by atoms with Gasteiger partial charge in [0.05, 0.1) is 12.6 Å². The summed E-state index contributed by atoms with van der Waals surface area (Å²) in [6.07, 6.45) is 1.32. The van der Waals surface area contributed by atoms with Gasteiger partial charge in [0.1, 0.15) is 11.5 Å². The van der Waals surface area contributed by atoms with Gasteiger partial charge in [-0.3, -0.25) is 4.79 Å². The summed E-state index contributed by atoms with van der Waals surface area (Å²) in [5.74, 6) is 1.15. The Kier molecular flexibility index (Phi) is 6.44. The monoisotopic (exact) mass is 249 g/mol. The van der Waals surface area contributed by atoms with Gasteiger partial charge in [-0.05, 0) is 37.6 Å². The summed E-state index contributed by atoms with van der Waals surface area (Å²) in [6.45, 7) is 7.38. The molecule has 0 spiro atoms. The minimum absolute atomic E-state index is 0.0713. The molecule has 0 aromatic heterocycles. The van der Waals surface area contributed by atoms with Crippen molar-refractivity contribution in [2.24, 2.45) is 0 Å². The number of hydrogen-bond acceptors (Lipinski definition) is 3. The van der Waals surface area contributed by atoms with Crippen LogP contribution in [0.4, 0.5) is 0 Å². The molecule has 1 unspecified atom stereocenters. The predicted molar refractivity (Wildman–Crippen MR) is 74.1 cm³/mol. The van der Waals surface area contributed by atoms with Crippen LogP contribution in [0.2, 0.25) is 0 Å². The SMILES string of the molecule is CCNC(Cc1ccc(OCC)cc1)C(=O)CC. The Bertz CT molecular complexity index is 359. The zero-order valence-corrected chi connectivity index (χ0v) is 11.5. The summed E-state index contributed by atoms with van der Waals surface area (Å²) in [4.78, 5) is 11.8. The number of Topliss-reactive ketones (excluding diaryl/α,β-unsaturated/α-hetero) is 1. The molecule has 0 fully saturated rings. The van der Waals surface area contributed by atoms with Crippen molar-refractivity contribution >= 4 is 5.78 Å². The normalized spacial score (nSPS) is 12.2. The van der Waals surface area contributed by atoms with Crippen molar-refractivity contribution in [2.45, 2.75) is 39.7 Å². The Morgan fingerprint density at radius 1 is 1.22 bits per heavy atom. The van der Waals surface area contributed by atoms with E-state index in [4.69, 9.17) is 4.74 Å². The second-order valence-electron chi connectivity index (χ2n) is 4.21. The van der Waals surface area contributed by atoms with Crippen LogP contribution in [-0.2, 0) is 11.2 Å². The molecule has 0 aliphatic carbocycles. The fourth-order valence-corrected chi connectivity index (χ4v) is 1.92. The van der Waals surface area contributed by atoms with Crippen LogP contribution in [0.15, 0.2) is 24.3 Å². The summed E-state index contributed by atoms with van der Waals surface area (Å²) < 4.78 is 5.40. The first kappa shape index (κ1) is 14.7. The van der Waals surface area contributed by atoms with E-state index in [0.717, 1.165) is 24.3 Å². The van der Waals surface area contributed by atoms with E-state index >= 15 is 0 Å². The van der Waals surface area contributed by atoms with Gasteiger partial charge >= 0.3 is 0 Å². The van der Waals surface area contributed by atoms with Gasteiger partial charge in [-0.2, -0.15) is 0 Å². The van der Waals surface area contributed by atoms with Crippen LogP contribution in [-0.4, -0.2) is 25.0 Å². The van der Waals surface area contributed by atoms with Gasteiger partial charge < -0.3 is 10.1 Å². The van der Waals surface area contributed by atoms with E-state index in [-0.39, 0.29) is 11.8 Å². The van der Waals surface area contributed by atoms with Crippen LogP contribution in [0.1, 0.15) is 32.8 Å². The Morgan fingerprint density at radius 3 is 2.39 bits per heavy atom. The number of nitrogens with one attached hydrogen (secondary N) is 1. The molecule has 100 valence electrons. The van der Waals surface area contributed by atoms with E-state index in [9.17, 15) is 4.79 Å². The first-order valence-electron chi connectivity index (χ1n) is 6.69. The van der Waals surface area contributed by atoms with Crippen molar-refractivity contribution < 1.29 is 9.53 Å². The molecule has 0 saturated heterocycles. The number of benzene rings is 1. The highest BCUT2D eigenvalue weighted by molar-refractivity contribution is 5.84. The van der Waals surface area contributed by atoms with E-state index in [2.05, 4.69) is 5.32 Å². The largest absolute Gasteiger partial charge is 0.494 e. The van der Waals surface area contributed by atoms with Crippen LogP contribution in [0, 0.1) is 0 Å². The van der Waals surface area contributed by atoms with Gasteiger partial charge in [0.25, 0.3) is 0 Å². The molecule has 0 amide bonds. The summed E-state index contributed by atoms with van der Waals surface area (Å²) >= 11 is 0. The van der Waals surface area contributed by atoms with E-state index in [1.54, 1.807) is 0 Å². The molecule has 0 radical (unpaired) electrons. The topological polar surface area (TPSA) is 38.3 Å². The highest BCUT2D eigenvalue weighted by Crippen LogP contribution is 2.14. The van der Waals surface area contributed by atoms with Crippen LogP contribution in [0.25, 0.3) is 0 Å². The molecule has 0 bridgehead atoms. The summed E-state index contributed by atoms with van der Waals surface area (Å²) in [7, 11) is 0. The van der Waals surface area contributed by atoms with Gasteiger partial charge in [-0.15, -0.1) is 0 Å². The van der Waals surface area contributed by atoms with E-state index in [1.165, 1.54) is 0 Å². The molecule has 0 aliphatic heterocycles. The highest BCUT2D eigenvalue weighted by Gasteiger charge is 2.15. The quantitative estimate of drug-likeness (QED) is 0.769. The third-order valence-electron chi connectivity index (χ3n) is 2.86. The Labute approximate surface area is 110 Å². The predicted octanol–water partition coefficient (Wildman–Crippen LogP) is 2.59. The minimum atomic E-state index is -0.0713. The van der Waals surface area contributed by atoms with Gasteiger partial charge in [-0.1, -0.05) is 26.0 Å². The number of ketones is 1. The van der Waals surface area contributed by atoms with E-state index in [0.29, 0.717) is 13.0 Å². The molecule has 0 saturated carbocycles. The number of ether oxygens (including phenoxy) is 1. The molecule has 3 nitrogen and oxygen atoms in total. The third-order valence-corrected chi connectivity index (χ3v) is 2.86. The lowest BCUT2D eigenvalue weighted by molar-refractivity contribution is -0.120. The molecule has 1 N–H and O–H groups in total. The van der Waals surface area contributed by atoms with Crippen molar-refractivity contribution in [3.63, 3.8) is 0 Å². The Balaban J connectivity index is 2.65. The fraction of sp³-hybridized carbons (Fsp3) is 0.533. The standard InChI is InChI=1S/C15H23NO2/c1-4-15(17)14(16-5-2)11-12-7-9-13(10-8-12)18-6-3/h7-10,14,16H,4-6,11H2,1-3H3. The average molecular weight is 249 g/mol. The maximum Gasteiger partial charge on any atom is 0.149 e. The molecule has 1 aromatic rings. The second kappa shape index (κ2) is 7.88. The van der Waals surface area contributed by atoms with Crippen LogP contribution < -0.4 is 10.1 Å². The molecule has 1 aromatic carbocycles. The Hall–Kier alpha value is -1.35. The molecule has 0 aliphatic rings. The van der Waals surface area contributed by atoms with Crippen molar-refractivity contribution in [1.82, 2.24) is 5.32 Å². The average Bonchev–Trinajstić information content (AvgIpc) is 2.40. The van der Waals surface area contributed by atoms with Crippen molar-refractivity contribution in [3.05, 3.63) is 29.8 Å². The lowest BCUT2D eigenvalue weighted by Crippen LogP contribution is -2.38. The zero-order chi connectivity index (χ0) is 13.4. The molecule has 18 heavy (non-hydrogen) atoms. The molecule has 0 heterocycles. The minimum Gasteiger partial charge on any atom is -0.494 e. The molecule has 1 rings (SSSR count). The summed E-state index contributed by atoms with van der Waals surface area (Å²) in [6, 6.07) is 7.89. The first-order valence-corrected chi connectivity index (χ1v) is 6.69. The molecule has 3 heteroatoms. The maximum atomic E-state index is 11.8. The number of hydrogen-bond donors (Lipinski definition) is 1.